The lowest BCUT2D eigenvalue weighted by Crippen LogP contribution is -2.39. The maximum Gasteiger partial charge on any atom is 0.236 e. The lowest BCUT2D eigenvalue weighted by atomic mass is 10.1. The lowest BCUT2D eigenvalue weighted by Gasteiger charge is -2.24. The number of likely N-dealkylation sites (N-methyl/N-ethyl adjacent to an activating group) is 1. The van der Waals surface area contributed by atoms with E-state index in [-0.39, 0.29) is 5.91 Å². The number of amides is 1. The van der Waals surface area contributed by atoms with E-state index in [1.54, 1.807) is 0 Å². The molecule has 1 aliphatic heterocycles. The van der Waals surface area contributed by atoms with E-state index < -0.39 is 0 Å². The minimum Gasteiger partial charge on any atom is -0.342 e. The second-order valence-corrected chi connectivity index (χ2v) is 8.12. The fourth-order valence-corrected chi connectivity index (χ4v) is 4.08. The first-order valence-electron chi connectivity index (χ1n) is 10.9. The SMILES string of the molecule is CN(CC(=O)N1CCCCCC1)Cc1cn(-c2ccccc2)nc1-c1ccccc1. The summed E-state index contributed by atoms with van der Waals surface area (Å²) in [5.41, 5.74) is 4.21. The Morgan fingerprint density at radius 2 is 1.57 bits per heavy atom. The summed E-state index contributed by atoms with van der Waals surface area (Å²) < 4.78 is 1.93. The van der Waals surface area contributed by atoms with E-state index in [0.717, 1.165) is 48.4 Å². The van der Waals surface area contributed by atoms with Gasteiger partial charge in [-0.3, -0.25) is 9.69 Å². The van der Waals surface area contributed by atoms with Crippen LogP contribution < -0.4 is 0 Å². The number of rotatable bonds is 6. The molecular weight excluding hydrogens is 372 g/mol. The Kier molecular flexibility index (Phi) is 6.60. The van der Waals surface area contributed by atoms with Gasteiger partial charge in [0.2, 0.25) is 5.91 Å². The molecule has 0 saturated carbocycles. The van der Waals surface area contributed by atoms with Crippen LogP contribution in [-0.4, -0.2) is 52.2 Å². The van der Waals surface area contributed by atoms with Crippen LogP contribution in [0.2, 0.25) is 0 Å². The number of aromatic nitrogens is 2. The fourth-order valence-electron chi connectivity index (χ4n) is 4.08. The van der Waals surface area contributed by atoms with Crippen LogP contribution in [0.25, 0.3) is 16.9 Å². The quantitative estimate of drug-likeness (QED) is 0.615. The van der Waals surface area contributed by atoms with Gasteiger partial charge in [-0.1, -0.05) is 61.4 Å². The smallest absolute Gasteiger partial charge is 0.236 e. The van der Waals surface area contributed by atoms with Gasteiger partial charge in [0.25, 0.3) is 0 Å². The van der Waals surface area contributed by atoms with Crippen molar-refractivity contribution < 1.29 is 4.79 Å². The maximum atomic E-state index is 12.8. The lowest BCUT2D eigenvalue weighted by molar-refractivity contribution is -0.132. The second-order valence-electron chi connectivity index (χ2n) is 8.12. The number of nitrogens with zero attached hydrogens (tertiary/aromatic N) is 4. The molecule has 0 aliphatic carbocycles. The van der Waals surface area contributed by atoms with Crippen molar-refractivity contribution in [3.8, 4) is 16.9 Å². The summed E-state index contributed by atoms with van der Waals surface area (Å²) in [6.45, 7) is 2.91. The molecule has 5 nitrogen and oxygen atoms in total. The number of carbonyl (C=O) groups excluding carboxylic acids is 1. The van der Waals surface area contributed by atoms with Crippen molar-refractivity contribution in [2.45, 2.75) is 32.2 Å². The van der Waals surface area contributed by atoms with Crippen molar-refractivity contribution in [1.82, 2.24) is 19.6 Å². The molecule has 0 unspecified atom stereocenters. The molecule has 1 amide bonds. The normalized spacial score (nSPS) is 14.7. The molecule has 0 N–H and O–H groups in total. The van der Waals surface area contributed by atoms with E-state index in [0.29, 0.717) is 13.1 Å². The molecule has 1 aliphatic rings. The number of carbonyl (C=O) groups is 1. The molecule has 156 valence electrons. The Hall–Kier alpha value is -2.92. The van der Waals surface area contributed by atoms with Gasteiger partial charge in [-0.25, -0.2) is 4.68 Å². The van der Waals surface area contributed by atoms with E-state index in [9.17, 15) is 4.79 Å². The average molecular weight is 403 g/mol. The van der Waals surface area contributed by atoms with Crippen LogP contribution >= 0.6 is 0 Å². The van der Waals surface area contributed by atoms with Crippen molar-refractivity contribution in [3.05, 3.63) is 72.4 Å². The molecule has 2 heterocycles. The summed E-state index contributed by atoms with van der Waals surface area (Å²) in [5, 5.41) is 4.88. The molecule has 3 aromatic rings. The minimum atomic E-state index is 0.233. The van der Waals surface area contributed by atoms with E-state index in [1.807, 2.05) is 53.0 Å². The third-order valence-electron chi connectivity index (χ3n) is 5.66. The minimum absolute atomic E-state index is 0.233. The van der Waals surface area contributed by atoms with Crippen LogP contribution in [0.3, 0.4) is 0 Å². The summed E-state index contributed by atoms with van der Waals surface area (Å²) in [5.74, 6) is 0.233. The summed E-state index contributed by atoms with van der Waals surface area (Å²) in [6.07, 6.45) is 6.80. The third-order valence-corrected chi connectivity index (χ3v) is 5.66. The molecule has 0 spiro atoms. The highest BCUT2D eigenvalue weighted by molar-refractivity contribution is 5.78. The average Bonchev–Trinajstić information content (AvgIpc) is 2.99. The van der Waals surface area contributed by atoms with Crippen LogP contribution in [-0.2, 0) is 11.3 Å². The third kappa shape index (κ3) is 4.97. The Bertz CT molecular complexity index is 944. The Balaban J connectivity index is 1.53. The monoisotopic (exact) mass is 402 g/mol. The number of para-hydroxylation sites is 1. The molecule has 0 atom stereocenters. The van der Waals surface area contributed by atoms with Gasteiger partial charge in [0.05, 0.1) is 17.9 Å². The Labute approximate surface area is 178 Å². The number of likely N-dealkylation sites (tertiary alicyclic amines) is 1. The van der Waals surface area contributed by atoms with Gasteiger partial charge in [-0.05, 0) is 32.0 Å². The molecule has 2 aromatic carbocycles. The predicted molar refractivity (Wildman–Crippen MR) is 120 cm³/mol. The summed E-state index contributed by atoms with van der Waals surface area (Å²) >= 11 is 0. The molecule has 30 heavy (non-hydrogen) atoms. The molecular formula is C25H30N4O. The standard InChI is InChI=1S/C25H30N4O/c1-27(20-24(30)28-16-10-2-3-11-17-28)18-22-19-29(23-14-8-5-9-15-23)26-25(22)21-12-6-4-7-13-21/h4-9,12-15,19H,2-3,10-11,16-18,20H2,1H3. The zero-order valence-electron chi connectivity index (χ0n) is 17.7. The van der Waals surface area contributed by atoms with Crippen LogP contribution in [0.4, 0.5) is 0 Å². The van der Waals surface area contributed by atoms with Crippen molar-refractivity contribution in [2.24, 2.45) is 0 Å². The van der Waals surface area contributed by atoms with E-state index in [2.05, 4.69) is 35.4 Å². The molecule has 4 rings (SSSR count). The first-order chi connectivity index (χ1) is 14.7. The van der Waals surface area contributed by atoms with E-state index in [1.165, 1.54) is 12.8 Å². The molecule has 1 saturated heterocycles. The van der Waals surface area contributed by atoms with Gasteiger partial charge in [0.1, 0.15) is 0 Å². The number of benzene rings is 2. The highest BCUT2D eigenvalue weighted by Crippen LogP contribution is 2.24. The largest absolute Gasteiger partial charge is 0.342 e. The van der Waals surface area contributed by atoms with Crippen LogP contribution in [0.15, 0.2) is 66.9 Å². The molecule has 1 fully saturated rings. The molecule has 5 heteroatoms. The van der Waals surface area contributed by atoms with Crippen LogP contribution in [0.1, 0.15) is 31.2 Å². The highest BCUT2D eigenvalue weighted by Gasteiger charge is 2.19. The Morgan fingerprint density at radius 3 is 2.23 bits per heavy atom. The maximum absolute atomic E-state index is 12.8. The van der Waals surface area contributed by atoms with E-state index >= 15 is 0 Å². The summed E-state index contributed by atoms with van der Waals surface area (Å²) in [7, 11) is 2.02. The Morgan fingerprint density at radius 1 is 0.933 bits per heavy atom. The van der Waals surface area contributed by atoms with E-state index in [4.69, 9.17) is 5.10 Å². The number of hydrogen-bond donors (Lipinski definition) is 0. The van der Waals surface area contributed by atoms with Crippen LogP contribution in [0, 0.1) is 0 Å². The highest BCUT2D eigenvalue weighted by atomic mass is 16.2. The first kappa shape index (κ1) is 20.4. The fraction of sp³-hybridized carbons (Fsp3) is 0.360. The van der Waals surface area contributed by atoms with Gasteiger partial charge in [-0.2, -0.15) is 5.10 Å². The van der Waals surface area contributed by atoms with Gasteiger partial charge >= 0.3 is 0 Å². The van der Waals surface area contributed by atoms with Crippen molar-refractivity contribution >= 4 is 5.91 Å². The predicted octanol–water partition coefficient (Wildman–Crippen LogP) is 4.37. The summed E-state index contributed by atoms with van der Waals surface area (Å²) in [6, 6.07) is 20.4. The molecule has 0 bridgehead atoms. The molecule has 1 aromatic heterocycles. The second kappa shape index (κ2) is 9.72. The zero-order chi connectivity index (χ0) is 20.8. The van der Waals surface area contributed by atoms with Gasteiger partial charge in [0.15, 0.2) is 0 Å². The van der Waals surface area contributed by atoms with Gasteiger partial charge in [-0.15, -0.1) is 0 Å². The zero-order valence-corrected chi connectivity index (χ0v) is 17.7. The molecule has 0 radical (unpaired) electrons. The topological polar surface area (TPSA) is 41.4 Å². The van der Waals surface area contributed by atoms with Gasteiger partial charge in [0, 0.05) is 37.0 Å². The number of hydrogen-bond acceptors (Lipinski definition) is 3. The summed E-state index contributed by atoms with van der Waals surface area (Å²) in [4.78, 5) is 16.9. The first-order valence-corrected chi connectivity index (χ1v) is 10.9. The van der Waals surface area contributed by atoms with Crippen molar-refractivity contribution in [2.75, 3.05) is 26.7 Å². The van der Waals surface area contributed by atoms with Crippen molar-refractivity contribution in [1.29, 1.82) is 0 Å². The van der Waals surface area contributed by atoms with Crippen molar-refractivity contribution in [3.63, 3.8) is 0 Å². The van der Waals surface area contributed by atoms with Gasteiger partial charge < -0.3 is 4.90 Å². The van der Waals surface area contributed by atoms with Crippen LogP contribution in [0.5, 0.6) is 0 Å².